The summed E-state index contributed by atoms with van der Waals surface area (Å²) in [6, 6.07) is 8.61. The Kier molecular flexibility index (Phi) is 4.20. The molecule has 1 aromatic heterocycles. The number of thiazole rings is 1. The quantitative estimate of drug-likeness (QED) is 0.916. The standard InChI is InChI=1S/C16H19N3OS/c1-11-15(21-10-18-11)9-17-16(20)19-14-7-6-12-4-2-3-5-13(12)8-14/h2-5,10,14H,6-9H2,1H3,(H2,17,19,20). The number of carbonyl (C=O) groups is 1. The second-order valence-corrected chi connectivity index (χ2v) is 6.34. The number of rotatable bonds is 3. The summed E-state index contributed by atoms with van der Waals surface area (Å²) in [5.41, 5.74) is 5.57. The molecule has 0 bridgehead atoms. The van der Waals surface area contributed by atoms with Gasteiger partial charge in [-0.2, -0.15) is 0 Å². The van der Waals surface area contributed by atoms with Crippen molar-refractivity contribution in [1.29, 1.82) is 0 Å². The van der Waals surface area contributed by atoms with E-state index >= 15 is 0 Å². The highest BCUT2D eigenvalue weighted by Crippen LogP contribution is 2.21. The third kappa shape index (κ3) is 3.42. The summed E-state index contributed by atoms with van der Waals surface area (Å²) in [7, 11) is 0. The lowest BCUT2D eigenvalue weighted by Crippen LogP contribution is -2.44. The van der Waals surface area contributed by atoms with Crippen molar-refractivity contribution in [3.63, 3.8) is 0 Å². The van der Waals surface area contributed by atoms with E-state index in [1.807, 2.05) is 12.4 Å². The van der Waals surface area contributed by atoms with Crippen molar-refractivity contribution in [3.05, 3.63) is 51.5 Å². The maximum absolute atomic E-state index is 12.0. The molecule has 2 amide bonds. The largest absolute Gasteiger partial charge is 0.335 e. The molecular weight excluding hydrogens is 282 g/mol. The lowest BCUT2D eigenvalue weighted by molar-refractivity contribution is 0.235. The highest BCUT2D eigenvalue weighted by Gasteiger charge is 2.19. The van der Waals surface area contributed by atoms with Gasteiger partial charge >= 0.3 is 6.03 Å². The molecule has 2 aromatic rings. The molecule has 0 saturated carbocycles. The van der Waals surface area contributed by atoms with Crippen LogP contribution in [0.1, 0.15) is 28.1 Å². The zero-order valence-corrected chi connectivity index (χ0v) is 12.9. The number of aryl methyl sites for hydroxylation is 2. The van der Waals surface area contributed by atoms with Crippen LogP contribution >= 0.6 is 11.3 Å². The maximum Gasteiger partial charge on any atom is 0.315 e. The Hall–Kier alpha value is -1.88. The summed E-state index contributed by atoms with van der Waals surface area (Å²) in [5, 5.41) is 5.99. The van der Waals surface area contributed by atoms with Crippen molar-refractivity contribution in [3.8, 4) is 0 Å². The number of urea groups is 1. The average Bonchev–Trinajstić information content (AvgIpc) is 2.90. The van der Waals surface area contributed by atoms with Gasteiger partial charge in [0.2, 0.25) is 0 Å². The first-order valence-electron chi connectivity index (χ1n) is 7.22. The van der Waals surface area contributed by atoms with Crippen LogP contribution in [0.25, 0.3) is 0 Å². The molecular formula is C16H19N3OS. The molecule has 1 aromatic carbocycles. The molecule has 1 heterocycles. The molecule has 5 heteroatoms. The van der Waals surface area contributed by atoms with Crippen LogP contribution in [0.5, 0.6) is 0 Å². The lowest BCUT2D eigenvalue weighted by Gasteiger charge is -2.25. The van der Waals surface area contributed by atoms with Crippen molar-refractivity contribution >= 4 is 17.4 Å². The fourth-order valence-electron chi connectivity index (χ4n) is 2.71. The third-order valence-corrected chi connectivity index (χ3v) is 4.87. The smallest absolute Gasteiger partial charge is 0.315 e. The van der Waals surface area contributed by atoms with Gasteiger partial charge in [0.25, 0.3) is 0 Å². The Morgan fingerprint density at radius 2 is 2.19 bits per heavy atom. The Labute approximate surface area is 128 Å². The average molecular weight is 301 g/mol. The number of hydrogen-bond donors (Lipinski definition) is 2. The van der Waals surface area contributed by atoms with E-state index in [0.29, 0.717) is 6.54 Å². The zero-order chi connectivity index (χ0) is 14.7. The van der Waals surface area contributed by atoms with Crippen molar-refractivity contribution in [2.45, 2.75) is 38.8 Å². The molecule has 4 nitrogen and oxygen atoms in total. The normalized spacial score (nSPS) is 17.1. The maximum atomic E-state index is 12.0. The second kappa shape index (κ2) is 6.26. The number of benzene rings is 1. The second-order valence-electron chi connectivity index (χ2n) is 5.40. The number of fused-ring (bicyclic) bond motifs is 1. The van der Waals surface area contributed by atoms with Gasteiger partial charge in [-0.25, -0.2) is 9.78 Å². The number of aromatic nitrogens is 1. The molecule has 3 rings (SSSR count). The van der Waals surface area contributed by atoms with Crippen molar-refractivity contribution < 1.29 is 4.79 Å². The van der Waals surface area contributed by atoms with Gasteiger partial charge in [-0.1, -0.05) is 24.3 Å². The zero-order valence-electron chi connectivity index (χ0n) is 12.1. The summed E-state index contributed by atoms with van der Waals surface area (Å²) < 4.78 is 0. The molecule has 0 saturated heterocycles. The minimum atomic E-state index is -0.0906. The number of amides is 2. The minimum Gasteiger partial charge on any atom is -0.335 e. The van der Waals surface area contributed by atoms with E-state index in [2.05, 4.69) is 39.9 Å². The van der Waals surface area contributed by atoms with Crippen molar-refractivity contribution in [2.24, 2.45) is 0 Å². The van der Waals surface area contributed by atoms with Crippen LogP contribution in [-0.4, -0.2) is 17.1 Å². The van der Waals surface area contributed by atoms with Gasteiger partial charge in [-0.3, -0.25) is 0 Å². The van der Waals surface area contributed by atoms with Gasteiger partial charge in [0.1, 0.15) is 0 Å². The summed E-state index contributed by atoms with van der Waals surface area (Å²) in [6.45, 7) is 2.51. The molecule has 0 spiro atoms. The van der Waals surface area contributed by atoms with Crippen LogP contribution < -0.4 is 10.6 Å². The molecule has 0 fully saturated rings. The van der Waals surface area contributed by atoms with Crippen molar-refractivity contribution in [2.75, 3.05) is 0 Å². The Balaban J connectivity index is 1.51. The van der Waals surface area contributed by atoms with E-state index in [1.165, 1.54) is 11.1 Å². The first-order chi connectivity index (χ1) is 10.2. The highest BCUT2D eigenvalue weighted by atomic mass is 32.1. The van der Waals surface area contributed by atoms with Crippen LogP contribution in [0, 0.1) is 6.92 Å². The van der Waals surface area contributed by atoms with Gasteiger partial charge < -0.3 is 10.6 Å². The van der Waals surface area contributed by atoms with E-state index < -0.39 is 0 Å². The fraction of sp³-hybridized carbons (Fsp3) is 0.375. The molecule has 0 aliphatic heterocycles. The van der Waals surface area contributed by atoms with E-state index in [9.17, 15) is 4.79 Å². The van der Waals surface area contributed by atoms with Crippen molar-refractivity contribution in [1.82, 2.24) is 15.6 Å². The van der Waals surface area contributed by atoms with E-state index in [0.717, 1.165) is 29.8 Å². The van der Waals surface area contributed by atoms with E-state index in [-0.39, 0.29) is 12.1 Å². The fourth-order valence-corrected chi connectivity index (χ4v) is 3.43. The first-order valence-corrected chi connectivity index (χ1v) is 8.10. The molecule has 110 valence electrons. The topological polar surface area (TPSA) is 54.0 Å². The summed E-state index contributed by atoms with van der Waals surface area (Å²) in [6.07, 6.45) is 2.96. The minimum absolute atomic E-state index is 0.0906. The molecule has 1 unspecified atom stereocenters. The molecule has 1 aliphatic rings. The molecule has 21 heavy (non-hydrogen) atoms. The summed E-state index contributed by atoms with van der Waals surface area (Å²) >= 11 is 1.57. The van der Waals surface area contributed by atoms with Crippen LogP contribution in [0.2, 0.25) is 0 Å². The Morgan fingerprint density at radius 3 is 2.95 bits per heavy atom. The SMILES string of the molecule is Cc1ncsc1CNC(=O)NC1CCc2ccccc2C1. The molecule has 1 aliphatic carbocycles. The predicted octanol–water partition coefficient (Wildman–Crippen LogP) is 2.81. The summed E-state index contributed by atoms with van der Waals surface area (Å²) in [4.78, 5) is 17.3. The van der Waals surface area contributed by atoms with E-state index in [4.69, 9.17) is 0 Å². The first kappa shape index (κ1) is 14.1. The molecule has 2 N–H and O–H groups in total. The third-order valence-electron chi connectivity index (χ3n) is 3.94. The molecule has 1 atom stereocenters. The van der Waals surface area contributed by atoms with Gasteiger partial charge in [-0.15, -0.1) is 11.3 Å². The number of hydrogen-bond acceptors (Lipinski definition) is 3. The van der Waals surface area contributed by atoms with E-state index in [1.54, 1.807) is 11.3 Å². The summed E-state index contributed by atoms with van der Waals surface area (Å²) in [5.74, 6) is 0. The van der Waals surface area contributed by atoms with Crippen LogP contribution in [0.4, 0.5) is 4.79 Å². The van der Waals surface area contributed by atoms with Gasteiger partial charge in [-0.05, 0) is 37.3 Å². The Morgan fingerprint density at radius 1 is 1.38 bits per heavy atom. The predicted molar refractivity (Wildman–Crippen MR) is 84.5 cm³/mol. The number of nitrogens with one attached hydrogen (secondary N) is 2. The number of nitrogens with zero attached hydrogens (tertiary/aromatic N) is 1. The monoisotopic (exact) mass is 301 g/mol. The highest BCUT2D eigenvalue weighted by molar-refractivity contribution is 7.09. The van der Waals surface area contributed by atoms with Gasteiger partial charge in [0, 0.05) is 10.9 Å². The van der Waals surface area contributed by atoms with Crippen LogP contribution in [0.15, 0.2) is 29.8 Å². The lowest BCUT2D eigenvalue weighted by atomic mass is 9.88. The van der Waals surface area contributed by atoms with Crippen LogP contribution in [0.3, 0.4) is 0 Å². The van der Waals surface area contributed by atoms with Crippen LogP contribution in [-0.2, 0) is 19.4 Å². The van der Waals surface area contributed by atoms with Gasteiger partial charge in [0.15, 0.2) is 0 Å². The van der Waals surface area contributed by atoms with Gasteiger partial charge in [0.05, 0.1) is 17.7 Å². The Bertz CT molecular complexity index is 638. The molecule has 0 radical (unpaired) electrons. The number of carbonyl (C=O) groups excluding carboxylic acids is 1.